The third kappa shape index (κ3) is 4.50. The Kier molecular flexibility index (Phi) is 6.04. The fourth-order valence-corrected chi connectivity index (χ4v) is 3.27. The van der Waals surface area contributed by atoms with Crippen molar-refractivity contribution >= 4 is 5.91 Å². The number of rotatable bonds is 7. The van der Waals surface area contributed by atoms with E-state index in [2.05, 4.69) is 10.3 Å². The second kappa shape index (κ2) is 8.65. The van der Waals surface area contributed by atoms with Gasteiger partial charge in [-0.2, -0.15) is 0 Å². The molecule has 0 radical (unpaired) electrons. The molecule has 6 nitrogen and oxygen atoms in total. The van der Waals surface area contributed by atoms with Crippen molar-refractivity contribution in [3.05, 3.63) is 47.0 Å². The van der Waals surface area contributed by atoms with Crippen LogP contribution in [0.2, 0.25) is 0 Å². The Bertz CT molecular complexity index is 793. The van der Waals surface area contributed by atoms with Crippen LogP contribution < -0.4 is 15.6 Å². The van der Waals surface area contributed by atoms with E-state index in [1.807, 2.05) is 31.2 Å². The molecule has 6 heteroatoms. The second-order valence-corrected chi connectivity index (χ2v) is 6.54. The summed E-state index contributed by atoms with van der Waals surface area (Å²) in [6.45, 7) is 3.42. The van der Waals surface area contributed by atoms with Crippen molar-refractivity contribution in [2.75, 3.05) is 13.2 Å². The summed E-state index contributed by atoms with van der Waals surface area (Å²) in [6, 6.07) is 9.03. The van der Waals surface area contributed by atoms with Crippen LogP contribution >= 0.6 is 0 Å². The van der Waals surface area contributed by atoms with Crippen LogP contribution in [0.3, 0.4) is 0 Å². The number of amides is 1. The zero-order chi connectivity index (χ0) is 18.4. The summed E-state index contributed by atoms with van der Waals surface area (Å²) < 4.78 is 6.94. The number of aromatic nitrogens is 2. The number of hydrogen-bond donors (Lipinski definition) is 1. The summed E-state index contributed by atoms with van der Waals surface area (Å²) in [5.41, 5.74) is 1.37. The monoisotopic (exact) mass is 355 g/mol. The Morgan fingerprint density at radius 3 is 2.65 bits per heavy atom. The smallest absolute Gasteiger partial charge is 0.253 e. The first-order valence-electron chi connectivity index (χ1n) is 9.25. The lowest BCUT2D eigenvalue weighted by Gasteiger charge is -2.11. The predicted octanol–water partition coefficient (Wildman–Crippen LogP) is 2.62. The number of carbonyl (C=O) groups is 1. The highest BCUT2D eigenvalue weighted by atomic mass is 16.5. The van der Waals surface area contributed by atoms with Crippen molar-refractivity contribution in [3.8, 4) is 17.0 Å². The number of nitrogens with zero attached hydrogens (tertiary/aromatic N) is 2. The van der Waals surface area contributed by atoms with Gasteiger partial charge in [0.15, 0.2) is 0 Å². The largest absolute Gasteiger partial charge is 0.494 e. The van der Waals surface area contributed by atoms with Gasteiger partial charge in [0.25, 0.3) is 5.56 Å². The first-order chi connectivity index (χ1) is 12.7. The fraction of sp³-hybridized carbons (Fsp3) is 0.450. The van der Waals surface area contributed by atoms with Crippen LogP contribution in [-0.4, -0.2) is 28.6 Å². The first kappa shape index (κ1) is 18.2. The topological polar surface area (TPSA) is 73.2 Å². The number of benzene rings is 1. The molecule has 1 aliphatic rings. The van der Waals surface area contributed by atoms with E-state index >= 15 is 0 Å². The quantitative estimate of drug-likeness (QED) is 0.829. The molecule has 1 fully saturated rings. The molecule has 0 saturated heterocycles. The van der Waals surface area contributed by atoms with Gasteiger partial charge in [-0.1, -0.05) is 12.8 Å². The molecule has 0 aliphatic heterocycles. The summed E-state index contributed by atoms with van der Waals surface area (Å²) in [5.74, 6) is 1.05. The molecule has 0 atom stereocenters. The van der Waals surface area contributed by atoms with Crippen LogP contribution in [0.1, 0.15) is 32.6 Å². The van der Waals surface area contributed by atoms with Crippen LogP contribution in [0.5, 0.6) is 5.75 Å². The molecule has 1 N–H and O–H groups in total. The van der Waals surface area contributed by atoms with Crippen molar-refractivity contribution < 1.29 is 9.53 Å². The molecule has 26 heavy (non-hydrogen) atoms. The number of ether oxygens (including phenoxy) is 1. The van der Waals surface area contributed by atoms with Crippen LogP contribution in [0.25, 0.3) is 11.3 Å². The molecule has 2 aromatic rings. The zero-order valence-electron chi connectivity index (χ0n) is 15.1. The SMILES string of the molecule is CCOc1ccc(-c2cc(=O)n(CCNC(=O)C3CCCC3)cn2)cc1. The van der Waals surface area contributed by atoms with E-state index in [1.54, 1.807) is 0 Å². The maximum atomic E-state index is 12.3. The van der Waals surface area contributed by atoms with Crippen LogP contribution in [0.15, 0.2) is 41.5 Å². The van der Waals surface area contributed by atoms with Crippen molar-refractivity contribution in [3.63, 3.8) is 0 Å². The van der Waals surface area contributed by atoms with Gasteiger partial charge in [-0.25, -0.2) is 4.98 Å². The molecular formula is C20H25N3O3. The van der Waals surface area contributed by atoms with Gasteiger partial charge in [-0.05, 0) is 44.0 Å². The predicted molar refractivity (Wildman–Crippen MR) is 100 cm³/mol. The van der Waals surface area contributed by atoms with Crippen molar-refractivity contribution in [1.82, 2.24) is 14.9 Å². The molecule has 3 rings (SSSR count). The number of nitrogens with one attached hydrogen (secondary N) is 1. The maximum Gasteiger partial charge on any atom is 0.253 e. The van der Waals surface area contributed by atoms with E-state index in [0.29, 0.717) is 25.4 Å². The minimum atomic E-state index is -0.126. The Morgan fingerprint density at radius 1 is 1.27 bits per heavy atom. The Labute approximate surface area is 153 Å². The van der Waals surface area contributed by atoms with Gasteiger partial charge < -0.3 is 10.1 Å². The summed E-state index contributed by atoms with van der Waals surface area (Å²) in [5, 5.41) is 2.92. The Hall–Kier alpha value is -2.63. The molecule has 1 heterocycles. The lowest BCUT2D eigenvalue weighted by atomic mass is 10.1. The Morgan fingerprint density at radius 2 is 2.00 bits per heavy atom. The van der Waals surface area contributed by atoms with Crippen molar-refractivity contribution in [2.45, 2.75) is 39.2 Å². The minimum Gasteiger partial charge on any atom is -0.494 e. The van der Waals surface area contributed by atoms with Gasteiger partial charge in [-0.3, -0.25) is 14.2 Å². The van der Waals surface area contributed by atoms with Gasteiger partial charge in [0.1, 0.15) is 5.75 Å². The highest BCUT2D eigenvalue weighted by molar-refractivity contribution is 5.78. The molecule has 138 valence electrons. The third-order valence-corrected chi connectivity index (χ3v) is 4.72. The summed E-state index contributed by atoms with van der Waals surface area (Å²) in [7, 11) is 0. The molecule has 1 saturated carbocycles. The molecule has 1 aromatic carbocycles. The van der Waals surface area contributed by atoms with E-state index in [4.69, 9.17) is 4.74 Å². The van der Waals surface area contributed by atoms with E-state index in [9.17, 15) is 9.59 Å². The second-order valence-electron chi connectivity index (χ2n) is 6.54. The molecule has 0 unspecified atom stereocenters. The average Bonchev–Trinajstić information content (AvgIpc) is 3.19. The van der Waals surface area contributed by atoms with Gasteiger partial charge in [0.2, 0.25) is 5.91 Å². The molecule has 0 spiro atoms. The molecule has 1 aliphatic carbocycles. The molecule has 0 bridgehead atoms. The van der Waals surface area contributed by atoms with E-state index in [1.165, 1.54) is 17.0 Å². The minimum absolute atomic E-state index is 0.106. The fourth-order valence-electron chi connectivity index (χ4n) is 3.27. The molecule has 1 amide bonds. The highest BCUT2D eigenvalue weighted by Crippen LogP contribution is 2.24. The van der Waals surface area contributed by atoms with Crippen LogP contribution in [0.4, 0.5) is 0 Å². The van der Waals surface area contributed by atoms with Gasteiger partial charge in [0.05, 0.1) is 18.6 Å². The summed E-state index contributed by atoms with van der Waals surface area (Å²) in [4.78, 5) is 28.7. The summed E-state index contributed by atoms with van der Waals surface area (Å²) in [6.07, 6.45) is 5.76. The Balaban J connectivity index is 1.58. The average molecular weight is 355 g/mol. The van der Waals surface area contributed by atoms with Crippen molar-refractivity contribution in [1.29, 1.82) is 0 Å². The van der Waals surface area contributed by atoms with E-state index < -0.39 is 0 Å². The first-order valence-corrected chi connectivity index (χ1v) is 9.25. The zero-order valence-corrected chi connectivity index (χ0v) is 15.1. The van der Waals surface area contributed by atoms with Gasteiger partial charge in [-0.15, -0.1) is 0 Å². The van der Waals surface area contributed by atoms with Crippen molar-refractivity contribution in [2.24, 2.45) is 5.92 Å². The van der Waals surface area contributed by atoms with Crippen LogP contribution in [0, 0.1) is 5.92 Å². The van der Waals surface area contributed by atoms with Gasteiger partial charge >= 0.3 is 0 Å². The molecular weight excluding hydrogens is 330 g/mol. The number of carbonyl (C=O) groups excluding carboxylic acids is 1. The highest BCUT2D eigenvalue weighted by Gasteiger charge is 2.21. The van der Waals surface area contributed by atoms with Gasteiger partial charge in [0, 0.05) is 30.6 Å². The standard InChI is InChI=1S/C20H25N3O3/c1-2-26-17-9-7-15(8-10-17)18-13-19(24)23(14-22-18)12-11-21-20(25)16-5-3-4-6-16/h7-10,13-14,16H,2-6,11-12H2,1H3,(H,21,25). The lowest BCUT2D eigenvalue weighted by Crippen LogP contribution is -2.34. The van der Waals surface area contributed by atoms with E-state index in [0.717, 1.165) is 37.0 Å². The lowest BCUT2D eigenvalue weighted by molar-refractivity contribution is -0.124. The summed E-state index contributed by atoms with van der Waals surface area (Å²) >= 11 is 0. The third-order valence-electron chi connectivity index (χ3n) is 4.72. The van der Waals surface area contributed by atoms with E-state index in [-0.39, 0.29) is 17.4 Å². The van der Waals surface area contributed by atoms with Crippen LogP contribution in [-0.2, 0) is 11.3 Å². The maximum absolute atomic E-state index is 12.3. The molecule has 1 aromatic heterocycles. The normalized spacial score (nSPS) is 14.3. The number of hydrogen-bond acceptors (Lipinski definition) is 4.